The zero-order valence-electron chi connectivity index (χ0n) is 8.98. The van der Waals surface area contributed by atoms with Gasteiger partial charge in [0.25, 0.3) is 5.91 Å². The van der Waals surface area contributed by atoms with Gasteiger partial charge in [0.2, 0.25) is 11.9 Å². The third kappa shape index (κ3) is 5.03. The minimum Gasteiger partial charge on any atom is -0.370 e. The van der Waals surface area contributed by atoms with Crippen LogP contribution in [-0.2, 0) is 9.53 Å². The van der Waals surface area contributed by atoms with Crippen LogP contribution in [0.3, 0.4) is 0 Å². The van der Waals surface area contributed by atoms with Crippen LogP contribution in [-0.4, -0.2) is 36.6 Å². The number of nitrogens with one attached hydrogen (secondary N) is 1. The standard InChI is InChI=1S/C10H12FN3O3/c11-8-5-7(1-2-13-8)10(16)14-3-4-17-6-9(12)15/h1-2,5H,3-4,6H2,(H2,12,15)(H,14,16). The number of rotatable bonds is 6. The third-order valence-electron chi connectivity index (χ3n) is 1.77. The number of amides is 2. The molecule has 2 amide bonds. The number of nitrogens with zero attached hydrogens (tertiary/aromatic N) is 1. The Bertz CT molecular complexity index is 412. The van der Waals surface area contributed by atoms with Crippen LogP contribution in [0.2, 0.25) is 0 Å². The van der Waals surface area contributed by atoms with Crippen molar-refractivity contribution in [3.8, 4) is 0 Å². The number of primary amides is 1. The molecule has 0 saturated heterocycles. The van der Waals surface area contributed by atoms with Crippen molar-refractivity contribution < 1.29 is 18.7 Å². The lowest BCUT2D eigenvalue weighted by molar-refractivity contribution is -0.122. The van der Waals surface area contributed by atoms with E-state index in [0.29, 0.717) is 0 Å². The summed E-state index contributed by atoms with van der Waals surface area (Å²) < 4.78 is 17.5. The van der Waals surface area contributed by atoms with E-state index in [1.54, 1.807) is 0 Å². The molecule has 0 unspecified atom stereocenters. The van der Waals surface area contributed by atoms with Crippen molar-refractivity contribution in [2.75, 3.05) is 19.8 Å². The summed E-state index contributed by atoms with van der Waals surface area (Å²) in [5, 5.41) is 2.49. The first-order valence-electron chi connectivity index (χ1n) is 4.85. The summed E-state index contributed by atoms with van der Waals surface area (Å²) in [6.07, 6.45) is 1.20. The van der Waals surface area contributed by atoms with Gasteiger partial charge in [-0.3, -0.25) is 9.59 Å². The molecule has 1 heterocycles. The molecule has 1 aromatic heterocycles. The zero-order chi connectivity index (χ0) is 12.7. The van der Waals surface area contributed by atoms with Crippen molar-refractivity contribution in [3.63, 3.8) is 0 Å². The molecule has 0 atom stereocenters. The Morgan fingerprint density at radius 3 is 2.94 bits per heavy atom. The Kier molecular flexibility index (Phi) is 5.02. The topological polar surface area (TPSA) is 94.3 Å². The number of pyridine rings is 1. The van der Waals surface area contributed by atoms with E-state index in [9.17, 15) is 14.0 Å². The fourth-order valence-electron chi connectivity index (χ4n) is 1.06. The van der Waals surface area contributed by atoms with E-state index in [0.717, 1.165) is 6.07 Å². The van der Waals surface area contributed by atoms with Crippen LogP contribution in [0.1, 0.15) is 10.4 Å². The summed E-state index contributed by atoms with van der Waals surface area (Å²) in [6.45, 7) is 0.165. The van der Waals surface area contributed by atoms with Crippen molar-refractivity contribution in [2.45, 2.75) is 0 Å². The van der Waals surface area contributed by atoms with Crippen LogP contribution in [0.4, 0.5) is 4.39 Å². The number of hydrogen-bond acceptors (Lipinski definition) is 4. The van der Waals surface area contributed by atoms with Gasteiger partial charge in [-0.15, -0.1) is 0 Å². The largest absolute Gasteiger partial charge is 0.370 e. The van der Waals surface area contributed by atoms with Crippen molar-refractivity contribution in [1.29, 1.82) is 0 Å². The van der Waals surface area contributed by atoms with Crippen LogP contribution in [0.5, 0.6) is 0 Å². The number of hydrogen-bond donors (Lipinski definition) is 2. The third-order valence-corrected chi connectivity index (χ3v) is 1.77. The Morgan fingerprint density at radius 1 is 1.53 bits per heavy atom. The molecule has 0 aliphatic carbocycles. The van der Waals surface area contributed by atoms with Gasteiger partial charge in [-0.25, -0.2) is 4.98 Å². The fraction of sp³-hybridized carbons (Fsp3) is 0.300. The maximum atomic E-state index is 12.7. The average molecular weight is 241 g/mol. The first-order valence-corrected chi connectivity index (χ1v) is 4.85. The lowest BCUT2D eigenvalue weighted by Crippen LogP contribution is -2.28. The van der Waals surface area contributed by atoms with E-state index >= 15 is 0 Å². The minimum atomic E-state index is -0.720. The maximum Gasteiger partial charge on any atom is 0.251 e. The molecule has 0 aromatic carbocycles. The first-order chi connectivity index (χ1) is 8.09. The monoisotopic (exact) mass is 241 g/mol. The summed E-state index contributed by atoms with van der Waals surface area (Å²) in [7, 11) is 0. The number of aromatic nitrogens is 1. The van der Waals surface area contributed by atoms with E-state index < -0.39 is 17.8 Å². The molecule has 0 aliphatic heterocycles. The molecule has 7 heteroatoms. The van der Waals surface area contributed by atoms with Gasteiger partial charge in [0.15, 0.2) is 0 Å². The second-order valence-electron chi connectivity index (χ2n) is 3.14. The normalized spacial score (nSPS) is 9.94. The summed E-state index contributed by atoms with van der Waals surface area (Å²) in [5.41, 5.74) is 5.02. The average Bonchev–Trinajstić information content (AvgIpc) is 2.28. The molecule has 0 aliphatic rings. The van der Waals surface area contributed by atoms with Gasteiger partial charge in [0, 0.05) is 24.4 Å². The highest BCUT2D eigenvalue weighted by Crippen LogP contribution is 1.99. The van der Waals surface area contributed by atoms with Crippen molar-refractivity contribution in [1.82, 2.24) is 10.3 Å². The molecule has 0 saturated carbocycles. The van der Waals surface area contributed by atoms with Crippen molar-refractivity contribution in [2.24, 2.45) is 5.73 Å². The molecular formula is C10H12FN3O3. The molecule has 0 bridgehead atoms. The molecule has 17 heavy (non-hydrogen) atoms. The number of ether oxygens (including phenoxy) is 1. The number of carbonyl (C=O) groups is 2. The lowest BCUT2D eigenvalue weighted by Gasteiger charge is -2.05. The van der Waals surface area contributed by atoms with E-state index in [2.05, 4.69) is 10.3 Å². The summed E-state index contributed by atoms with van der Waals surface area (Å²) in [4.78, 5) is 25.1. The highest BCUT2D eigenvalue weighted by molar-refractivity contribution is 5.93. The summed E-state index contributed by atoms with van der Waals surface area (Å²) in [5.74, 6) is -1.73. The fourth-order valence-corrected chi connectivity index (χ4v) is 1.06. The van der Waals surface area contributed by atoms with Gasteiger partial charge >= 0.3 is 0 Å². The molecule has 3 N–H and O–H groups in total. The summed E-state index contributed by atoms with van der Waals surface area (Å²) >= 11 is 0. The Labute approximate surface area is 97.0 Å². The van der Waals surface area contributed by atoms with E-state index in [-0.39, 0.29) is 25.3 Å². The number of carbonyl (C=O) groups excluding carboxylic acids is 2. The van der Waals surface area contributed by atoms with Crippen LogP contribution in [0.25, 0.3) is 0 Å². The number of nitrogens with two attached hydrogens (primary N) is 1. The van der Waals surface area contributed by atoms with Crippen molar-refractivity contribution in [3.05, 3.63) is 29.8 Å². The highest BCUT2D eigenvalue weighted by atomic mass is 19.1. The SMILES string of the molecule is NC(=O)COCCNC(=O)c1ccnc(F)c1. The maximum absolute atomic E-state index is 12.7. The molecule has 0 fully saturated rings. The van der Waals surface area contributed by atoms with Crippen molar-refractivity contribution >= 4 is 11.8 Å². The molecule has 92 valence electrons. The lowest BCUT2D eigenvalue weighted by atomic mass is 10.2. The van der Waals surface area contributed by atoms with Gasteiger partial charge in [0.1, 0.15) is 6.61 Å². The minimum absolute atomic E-state index is 0.155. The van der Waals surface area contributed by atoms with Gasteiger partial charge in [0.05, 0.1) is 6.61 Å². The quantitative estimate of drug-likeness (QED) is 0.516. The van der Waals surface area contributed by atoms with Gasteiger partial charge in [-0.1, -0.05) is 0 Å². The molecule has 1 aromatic rings. The van der Waals surface area contributed by atoms with E-state index in [4.69, 9.17) is 10.5 Å². The van der Waals surface area contributed by atoms with Crippen LogP contribution < -0.4 is 11.1 Å². The van der Waals surface area contributed by atoms with Crippen LogP contribution in [0.15, 0.2) is 18.3 Å². The predicted octanol–water partition coefficient (Wildman–Crippen LogP) is -0.548. The summed E-state index contributed by atoms with van der Waals surface area (Å²) in [6, 6.07) is 2.42. The van der Waals surface area contributed by atoms with Gasteiger partial charge < -0.3 is 15.8 Å². The van der Waals surface area contributed by atoms with E-state index in [1.807, 2.05) is 0 Å². The highest BCUT2D eigenvalue weighted by Gasteiger charge is 2.05. The van der Waals surface area contributed by atoms with Crippen LogP contribution in [0, 0.1) is 5.95 Å². The smallest absolute Gasteiger partial charge is 0.251 e. The Morgan fingerprint density at radius 2 is 2.29 bits per heavy atom. The zero-order valence-corrected chi connectivity index (χ0v) is 8.98. The molecule has 1 rings (SSSR count). The molecule has 0 radical (unpaired) electrons. The number of halogens is 1. The second kappa shape index (κ2) is 6.54. The Hall–Kier alpha value is -2.02. The van der Waals surface area contributed by atoms with Gasteiger partial charge in [-0.05, 0) is 6.07 Å². The van der Waals surface area contributed by atoms with E-state index in [1.165, 1.54) is 12.3 Å². The first kappa shape index (κ1) is 13.0. The Balaban J connectivity index is 2.28. The predicted molar refractivity (Wildman–Crippen MR) is 56.5 cm³/mol. The molecule has 0 spiro atoms. The molecule has 6 nitrogen and oxygen atoms in total. The molecular weight excluding hydrogens is 229 g/mol. The second-order valence-corrected chi connectivity index (χ2v) is 3.14. The van der Waals surface area contributed by atoms with Crippen LogP contribution >= 0.6 is 0 Å². The van der Waals surface area contributed by atoms with Gasteiger partial charge in [-0.2, -0.15) is 4.39 Å².